The van der Waals surface area contributed by atoms with Gasteiger partial charge in [0.05, 0.1) is 36.1 Å². The van der Waals surface area contributed by atoms with E-state index in [0.717, 1.165) is 30.0 Å². The van der Waals surface area contributed by atoms with Gasteiger partial charge in [0.1, 0.15) is 5.75 Å². The molecule has 4 N–H and O–H groups in total. The molecule has 4 atom stereocenters. The largest absolute Gasteiger partial charge is 0.490 e. The van der Waals surface area contributed by atoms with Crippen LogP contribution in [0.2, 0.25) is 0 Å². The summed E-state index contributed by atoms with van der Waals surface area (Å²) in [5, 5.41) is 20.9. The number of rotatable bonds is 7. The second kappa shape index (κ2) is 17.7. The van der Waals surface area contributed by atoms with Gasteiger partial charge in [0.25, 0.3) is 5.91 Å². The minimum atomic E-state index is -0.538. The number of likely N-dealkylation sites (N-methyl/N-ethyl adjacent to an activating group) is 1. The molecule has 0 bridgehead atoms. The Morgan fingerprint density at radius 3 is 2.45 bits per heavy atom. The highest BCUT2D eigenvalue weighted by Gasteiger charge is 2.31. The van der Waals surface area contributed by atoms with Gasteiger partial charge in [0.2, 0.25) is 0 Å². The van der Waals surface area contributed by atoms with E-state index < -0.39 is 12.1 Å². The van der Waals surface area contributed by atoms with Crippen molar-refractivity contribution in [2.75, 3.05) is 49.3 Å². The van der Waals surface area contributed by atoms with E-state index in [1.807, 2.05) is 86.6 Å². The van der Waals surface area contributed by atoms with Crippen LogP contribution in [0.5, 0.6) is 5.75 Å². The molecule has 0 aliphatic carbocycles. The zero-order chi connectivity index (χ0) is 36.3. The number of hydrogen-bond donors (Lipinski definition) is 4. The molecule has 1 heterocycles. The van der Waals surface area contributed by atoms with Crippen LogP contribution in [0.3, 0.4) is 0 Å². The number of carbonyl (C=O) groups is 3. The van der Waals surface area contributed by atoms with Crippen LogP contribution in [0, 0.1) is 5.92 Å². The molecule has 0 fully saturated rings. The third-order valence-electron chi connectivity index (χ3n) is 9.17. The molecule has 0 saturated carbocycles. The molecular weight excluding hydrogens is 646 g/mol. The van der Waals surface area contributed by atoms with Gasteiger partial charge >= 0.3 is 12.1 Å². The van der Waals surface area contributed by atoms with Crippen LogP contribution in [0.1, 0.15) is 50.4 Å². The second-order valence-electron chi connectivity index (χ2n) is 13.3. The van der Waals surface area contributed by atoms with Crippen LogP contribution in [0.15, 0.2) is 91.0 Å². The Balaban J connectivity index is 1.38. The number of amides is 5. The summed E-state index contributed by atoms with van der Waals surface area (Å²) in [6, 6.07) is 26.5. The van der Waals surface area contributed by atoms with E-state index in [0.29, 0.717) is 36.0 Å². The lowest BCUT2D eigenvalue weighted by atomic mass is 10.0. The van der Waals surface area contributed by atoms with Gasteiger partial charge in [0, 0.05) is 49.4 Å². The van der Waals surface area contributed by atoms with Gasteiger partial charge in [-0.3, -0.25) is 4.79 Å². The maximum absolute atomic E-state index is 14.5. The van der Waals surface area contributed by atoms with Crippen molar-refractivity contribution in [2.24, 2.45) is 5.92 Å². The Labute approximate surface area is 299 Å². The summed E-state index contributed by atoms with van der Waals surface area (Å²) in [6.45, 7) is 6.50. The number of ether oxygens (including phenoxy) is 2. The number of nitrogens with one attached hydrogen (secondary N) is 3. The molecule has 0 unspecified atom stereocenters. The van der Waals surface area contributed by atoms with Crippen molar-refractivity contribution >= 4 is 45.8 Å². The number of urea groups is 2. The van der Waals surface area contributed by atoms with E-state index in [4.69, 9.17) is 9.47 Å². The molecule has 4 aromatic carbocycles. The maximum Gasteiger partial charge on any atom is 0.323 e. The van der Waals surface area contributed by atoms with E-state index in [9.17, 15) is 19.5 Å². The predicted molar refractivity (Wildman–Crippen MR) is 202 cm³/mol. The maximum atomic E-state index is 14.5. The van der Waals surface area contributed by atoms with E-state index in [1.54, 1.807) is 42.0 Å². The zero-order valence-electron chi connectivity index (χ0n) is 29.8. The molecule has 0 radical (unpaired) electrons. The quantitative estimate of drug-likeness (QED) is 0.159. The molecule has 11 heteroatoms. The number of aliphatic hydroxyl groups is 1. The van der Waals surface area contributed by atoms with Gasteiger partial charge in [-0.05, 0) is 74.9 Å². The van der Waals surface area contributed by atoms with Crippen LogP contribution < -0.4 is 20.7 Å². The normalized spacial score (nSPS) is 19.2. The van der Waals surface area contributed by atoms with Crippen molar-refractivity contribution in [3.05, 3.63) is 96.6 Å². The fraction of sp³-hybridized carbons (Fsp3) is 0.375. The third-order valence-corrected chi connectivity index (χ3v) is 9.17. The van der Waals surface area contributed by atoms with Gasteiger partial charge in [-0.25, -0.2) is 9.59 Å². The highest BCUT2D eigenvalue weighted by atomic mass is 16.5. The summed E-state index contributed by atoms with van der Waals surface area (Å²) in [5.74, 6) is -0.166. The highest BCUT2D eigenvalue weighted by molar-refractivity contribution is 6.07. The monoisotopic (exact) mass is 695 g/mol. The smallest absolute Gasteiger partial charge is 0.323 e. The number of para-hydroxylation sites is 1. The molecule has 0 spiro atoms. The van der Waals surface area contributed by atoms with Crippen molar-refractivity contribution < 1.29 is 29.0 Å². The first-order valence-electron chi connectivity index (χ1n) is 17.6. The molecule has 4 aromatic rings. The average molecular weight is 696 g/mol. The highest BCUT2D eigenvalue weighted by Crippen LogP contribution is 2.29. The number of hydrogen-bond acceptors (Lipinski definition) is 6. The van der Waals surface area contributed by atoms with E-state index in [-0.39, 0.29) is 48.8 Å². The van der Waals surface area contributed by atoms with E-state index >= 15 is 0 Å². The van der Waals surface area contributed by atoms with Crippen molar-refractivity contribution in [3.8, 4) is 5.75 Å². The van der Waals surface area contributed by atoms with Crippen LogP contribution >= 0.6 is 0 Å². The van der Waals surface area contributed by atoms with Gasteiger partial charge < -0.3 is 40.3 Å². The third kappa shape index (κ3) is 9.99. The van der Waals surface area contributed by atoms with Crippen molar-refractivity contribution in [1.82, 2.24) is 9.80 Å². The molecule has 0 aromatic heterocycles. The minimum absolute atomic E-state index is 0.195. The molecule has 11 nitrogen and oxygen atoms in total. The number of carbonyl (C=O) groups excluding carboxylic acids is 3. The predicted octanol–water partition coefficient (Wildman–Crippen LogP) is 7.44. The lowest BCUT2D eigenvalue weighted by Crippen LogP contribution is -2.48. The van der Waals surface area contributed by atoms with Gasteiger partial charge in [-0.2, -0.15) is 0 Å². The first-order chi connectivity index (χ1) is 24.6. The lowest BCUT2D eigenvalue weighted by molar-refractivity contribution is -0.0115. The summed E-state index contributed by atoms with van der Waals surface area (Å²) >= 11 is 0. The molecule has 5 amide bonds. The zero-order valence-corrected chi connectivity index (χ0v) is 29.8. The number of nitrogens with zero attached hydrogens (tertiary/aromatic N) is 2. The summed E-state index contributed by atoms with van der Waals surface area (Å²) in [4.78, 5) is 44.0. The standard InChI is InChI=1S/C40H49N5O6/c1-27-24-45(28(2)26-46)38(47)34-23-32(41-39(48)43-35-19-12-15-30-14-8-9-18-33(30)35)20-21-36(34)51-29(3)13-10-11-22-50-37(27)25-44(4)40(49)42-31-16-6-5-7-17-31/h5-9,12,14-21,23,27-29,37,46H,10-11,13,22,24-26H2,1-4H3,(H,42,49)(H2,41,43,48)/t27-,28+,29+,37+/m0/s1. The van der Waals surface area contributed by atoms with Crippen LogP contribution in [-0.4, -0.2) is 84.5 Å². The number of fused-ring (bicyclic) bond motifs is 2. The summed E-state index contributed by atoms with van der Waals surface area (Å²) in [6.07, 6.45) is 1.80. The minimum Gasteiger partial charge on any atom is -0.490 e. The van der Waals surface area contributed by atoms with Gasteiger partial charge in [-0.15, -0.1) is 0 Å². The summed E-state index contributed by atoms with van der Waals surface area (Å²) in [7, 11) is 1.72. The molecule has 1 aliphatic rings. The molecule has 0 saturated heterocycles. The Hall–Kier alpha value is -5.13. The molecule has 1 aliphatic heterocycles. The Kier molecular flexibility index (Phi) is 12.9. The first kappa shape index (κ1) is 37.1. The van der Waals surface area contributed by atoms with Crippen molar-refractivity contribution in [2.45, 2.75) is 58.3 Å². The molecule has 5 rings (SSSR count). The Bertz CT molecular complexity index is 1780. The van der Waals surface area contributed by atoms with Crippen molar-refractivity contribution in [3.63, 3.8) is 0 Å². The van der Waals surface area contributed by atoms with Crippen LogP contribution in [-0.2, 0) is 4.74 Å². The number of benzene rings is 4. The second-order valence-corrected chi connectivity index (χ2v) is 13.3. The average Bonchev–Trinajstić information content (AvgIpc) is 3.13. The molecule has 51 heavy (non-hydrogen) atoms. The van der Waals surface area contributed by atoms with E-state index in [2.05, 4.69) is 16.0 Å². The number of aliphatic hydroxyl groups excluding tert-OH is 1. The number of anilines is 3. The van der Waals surface area contributed by atoms with Gasteiger partial charge in [0.15, 0.2) is 0 Å². The van der Waals surface area contributed by atoms with Crippen LogP contribution in [0.25, 0.3) is 10.8 Å². The van der Waals surface area contributed by atoms with E-state index in [1.165, 1.54) is 0 Å². The summed E-state index contributed by atoms with van der Waals surface area (Å²) in [5.41, 5.74) is 2.03. The topological polar surface area (TPSA) is 132 Å². The van der Waals surface area contributed by atoms with Crippen molar-refractivity contribution in [1.29, 1.82) is 0 Å². The fourth-order valence-corrected chi connectivity index (χ4v) is 6.18. The molecule has 270 valence electrons. The van der Waals surface area contributed by atoms with Crippen LogP contribution in [0.4, 0.5) is 26.7 Å². The Morgan fingerprint density at radius 1 is 0.922 bits per heavy atom. The molecular formula is C40H49N5O6. The lowest BCUT2D eigenvalue weighted by Gasteiger charge is -2.35. The first-order valence-corrected chi connectivity index (χ1v) is 17.6. The Morgan fingerprint density at radius 2 is 1.67 bits per heavy atom. The van der Waals surface area contributed by atoms with Gasteiger partial charge in [-0.1, -0.05) is 61.5 Å². The fourth-order valence-electron chi connectivity index (χ4n) is 6.18. The SMILES string of the molecule is C[C@@H]1CCCCO[C@H](CN(C)C(=O)Nc2ccccc2)[C@@H](C)CN([C@H](C)CO)C(=O)c2cc(NC(=O)Nc3cccc4ccccc34)ccc2O1. The summed E-state index contributed by atoms with van der Waals surface area (Å²) < 4.78 is 12.7.